The van der Waals surface area contributed by atoms with Crippen molar-refractivity contribution in [2.45, 2.75) is 62.7 Å². The fourth-order valence-electron chi connectivity index (χ4n) is 9.00. The monoisotopic (exact) mass is 647 g/mol. The molecule has 1 spiro atoms. The summed E-state index contributed by atoms with van der Waals surface area (Å²) >= 11 is 0. The minimum Gasteiger partial charge on any atom is -0.461 e. The molecule has 4 atom stereocenters. The van der Waals surface area contributed by atoms with Gasteiger partial charge in [0.2, 0.25) is 6.81 Å². The zero-order chi connectivity index (χ0) is 33.9. The maximum atomic E-state index is 17.0. The molecule has 2 saturated carbocycles. The lowest BCUT2D eigenvalue weighted by molar-refractivity contribution is 0.0649. The fraction of sp³-hybridized carbons (Fsp3) is 0.472. The zero-order valence-corrected chi connectivity index (χ0v) is 25.7. The highest BCUT2D eigenvalue weighted by Gasteiger charge is 2.67. The Morgan fingerprint density at radius 1 is 1.06 bits per heavy atom. The summed E-state index contributed by atoms with van der Waals surface area (Å²) in [7, 11) is 0. The van der Waals surface area contributed by atoms with Crippen LogP contribution in [0.4, 0.5) is 23.4 Å². The van der Waals surface area contributed by atoms with E-state index in [0.717, 1.165) is 69.7 Å². The van der Waals surface area contributed by atoms with Crippen LogP contribution in [-0.2, 0) is 0 Å². The number of benzene rings is 2. The van der Waals surface area contributed by atoms with Crippen LogP contribution < -0.4 is 14.4 Å². The van der Waals surface area contributed by atoms with Gasteiger partial charge in [0, 0.05) is 36.2 Å². The highest BCUT2D eigenvalue weighted by Crippen LogP contribution is 2.66. The Morgan fingerprint density at radius 3 is 2.77 bits per heavy atom. The van der Waals surface area contributed by atoms with Crippen molar-refractivity contribution in [3.05, 3.63) is 60.3 Å². The summed E-state index contributed by atoms with van der Waals surface area (Å²) in [4.78, 5) is 18.2. The molecular formula is C36H35F4N5O2. The molecule has 3 saturated heterocycles. The average Bonchev–Trinajstić information content (AvgIpc) is 3.94. The van der Waals surface area contributed by atoms with Crippen LogP contribution in [0.2, 0.25) is 0 Å². The topological polar surface area (TPSA) is 63.6 Å². The van der Waals surface area contributed by atoms with Gasteiger partial charge in [-0.1, -0.05) is 42.8 Å². The average molecular weight is 648 g/mol. The Bertz CT molecular complexity index is 2040. The minimum absolute atomic E-state index is 0.0245. The second-order valence-corrected chi connectivity index (χ2v) is 14.0. The van der Waals surface area contributed by atoms with Crippen LogP contribution in [0.5, 0.6) is 11.8 Å². The summed E-state index contributed by atoms with van der Waals surface area (Å²) in [6.45, 7) is 3.20. The van der Waals surface area contributed by atoms with Crippen molar-refractivity contribution in [1.82, 2.24) is 19.9 Å². The number of aromatic nitrogens is 3. The molecule has 5 fully saturated rings. The lowest BCUT2D eigenvalue weighted by atomic mass is 9.80. The van der Waals surface area contributed by atoms with Crippen LogP contribution >= 0.6 is 0 Å². The summed E-state index contributed by atoms with van der Waals surface area (Å²) < 4.78 is 87.1. The summed E-state index contributed by atoms with van der Waals surface area (Å²) in [6.07, 6.45) is 7.02. The fourth-order valence-corrected chi connectivity index (χ4v) is 9.00. The van der Waals surface area contributed by atoms with E-state index in [1.54, 1.807) is 12.1 Å². The summed E-state index contributed by atoms with van der Waals surface area (Å²) in [5, 5.41) is 0.591. The number of rotatable bonds is 7. The van der Waals surface area contributed by atoms with E-state index in [0.29, 0.717) is 24.4 Å². The van der Waals surface area contributed by atoms with Crippen LogP contribution in [0.25, 0.3) is 32.9 Å². The lowest BCUT2D eigenvalue weighted by Crippen LogP contribution is -2.49. The van der Waals surface area contributed by atoms with Gasteiger partial charge in [-0.25, -0.2) is 17.6 Å². The van der Waals surface area contributed by atoms with Crippen LogP contribution in [0.3, 0.4) is 0 Å². The Kier molecular flexibility index (Phi) is 6.04. The van der Waals surface area contributed by atoms with Crippen LogP contribution in [0.15, 0.2) is 48.7 Å². The Labute approximate surface area is 272 Å². The molecule has 5 heterocycles. The third-order valence-corrected chi connectivity index (χ3v) is 11.5. The van der Waals surface area contributed by atoms with E-state index in [1.165, 1.54) is 18.3 Å². The van der Waals surface area contributed by atoms with Crippen molar-refractivity contribution < 1.29 is 29.8 Å². The molecule has 0 radical (unpaired) electrons. The summed E-state index contributed by atoms with van der Waals surface area (Å²) in [6, 6.07) is 6.71. The molecule has 0 amide bonds. The molecule has 5 aliphatic rings. The number of fused-ring (bicyclic) bond motifs is 5. The van der Waals surface area contributed by atoms with Crippen LogP contribution in [-0.4, -0.2) is 70.7 Å². The highest BCUT2D eigenvalue weighted by molar-refractivity contribution is 6.02. The third-order valence-electron chi connectivity index (χ3n) is 11.5. The van der Waals surface area contributed by atoms with Crippen molar-refractivity contribution in [2.24, 2.45) is 11.3 Å². The second-order valence-electron chi connectivity index (χ2n) is 14.0. The first-order valence-electron chi connectivity index (χ1n) is 17.4. The molecule has 9 rings (SSSR count). The predicted octanol–water partition coefficient (Wildman–Crippen LogP) is 7.32. The molecule has 0 unspecified atom stereocenters. The molecule has 47 heavy (non-hydrogen) atoms. The lowest BCUT2D eigenvalue weighted by Gasteiger charge is -2.37. The molecule has 0 N–H and O–H groups in total. The first-order valence-corrected chi connectivity index (χ1v) is 16.4. The number of alkyl halides is 2. The number of hydrogen-bond donors (Lipinski definition) is 0. The molecule has 0 bridgehead atoms. The molecule has 4 aromatic rings. The Hall–Kier alpha value is -3.99. The van der Waals surface area contributed by atoms with Crippen molar-refractivity contribution in [3.63, 3.8) is 0 Å². The molecule has 11 heteroatoms. The SMILES string of the molecule is [2H]C([2H])(F)Oc1c(F)ccc2cccc(-c3ncc4c(N5CCCC[C@H]6[C@H](F)[C@H]65)nc(OC[C@]56CC(=C)CN5CCC65CC5)nc4c3F)c12. The van der Waals surface area contributed by atoms with Gasteiger partial charge in [0.05, 0.1) is 17.0 Å². The van der Waals surface area contributed by atoms with E-state index in [-0.39, 0.29) is 56.5 Å². The Balaban J connectivity index is 1.19. The number of nitrogens with zero attached hydrogens (tertiary/aromatic N) is 5. The van der Waals surface area contributed by atoms with E-state index in [4.69, 9.17) is 17.2 Å². The van der Waals surface area contributed by atoms with Gasteiger partial charge in [0.25, 0.3) is 0 Å². The quantitative estimate of drug-likeness (QED) is 0.154. The maximum absolute atomic E-state index is 17.0. The van der Waals surface area contributed by atoms with Crippen molar-refractivity contribution in [2.75, 3.05) is 38.0 Å². The largest absolute Gasteiger partial charge is 0.461 e. The number of ether oxygens (including phenoxy) is 2. The number of halogens is 4. The molecular weight excluding hydrogens is 610 g/mol. The maximum Gasteiger partial charge on any atom is 0.319 e. The van der Waals surface area contributed by atoms with E-state index >= 15 is 13.2 Å². The standard InChI is InChI=1S/C36H35F4N5O2/c1-20-15-36(35(10-11-35)12-14-44(36)17-20)18-46-34-42-30-24(33(43-34)45-13-3-2-6-23-27(39)31(23)45)16-41-29(28(30)40)22-7-4-5-21-8-9-25(38)32(26(21)22)47-19-37/h4-5,7-9,16,23,27,31H,1-3,6,10-15,17-19H2/t23-,27-,31-,36-/m0/s1/i19D2. The van der Waals surface area contributed by atoms with Gasteiger partial charge in [-0.15, -0.1) is 0 Å². The predicted molar refractivity (Wildman–Crippen MR) is 170 cm³/mol. The van der Waals surface area contributed by atoms with Gasteiger partial charge < -0.3 is 14.4 Å². The number of anilines is 1. The van der Waals surface area contributed by atoms with Gasteiger partial charge in [-0.3, -0.25) is 9.88 Å². The normalized spacial score (nSPS) is 28.6. The van der Waals surface area contributed by atoms with Gasteiger partial charge >= 0.3 is 6.01 Å². The van der Waals surface area contributed by atoms with Crippen molar-refractivity contribution in [3.8, 4) is 23.0 Å². The number of hydrogen-bond acceptors (Lipinski definition) is 7. The molecule has 3 aliphatic heterocycles. The van der Waals surface area contributed by atoms with E-state index in [2.05, 4.69) is 21.4 Å². The number of pyridine rings is 1. The van der Waals surface area contributed by atoms with Gasteiger partial charge in [0.1, 0.15) is 32.5 Å². The van der Waals surface area contributed by atoms with E-state index in [9.17, 15) is 4.39 Å². The van der Waals surface area contributed by atoms with Gasteiger partial charge in [-0.05, 0) is 61.9 Å². The van der Waals surface area contributed by atoms with E-state index in [1.807, 2.05) is 4.90 Å². The Morgan fingerprint density at radius 2 is 1.94 bits per heavy atom. The minimum atomic E-state index is -3.70. The van der Waals surface area contributed by atoms with E-state index < -0.39 is 30.4 Å². The summed E-state index contributed by atoms with van der Waals surface area (Å²) in [5.74, 6) is -2.36. The molecule has 244 valence electrons. The zero-order valence-electron chi connectivity index (χ0n) is 27.7. The molecule has 2 aromatic carbocycles. The highest BCUT2D eigenvalue weighted by atomic mass is 19.1. The first-order chi connectivity index (χ1) is 23.5. The van der Waals surface area contributed by atoms with Crippen LogP contribution in [0, 0.1) is 23.0 Å². The molecule has 2 aromatic heterocycles. The third kappa shape index (κ3) is 4.30. The van der Waals surface area contributed by atoms with Gasteiger partial charge in [0.15, 0.2) is 17.4 Å². The summed E-state index contributed by atoms with van der Waals surface area (Å²) in [5.41, 5.74) is 0.808. The smallest absolute Gasteiger partial charge is 0.319 e. The van der Waals surface area contributed by atoms with Crippen molar-refractivity contribution in [1.29, 1.82) is 0 Å². The molecule has 2 aliphatic carbocycles. The molecule has 7 nitrogen and oxygen atoms in total. The van der Waals surface area contributed by atoms with Gasteiger partial charge in [-0.2, -0.15) is 9.97 Å². The second kappa shape index (κ2) is 10.5. The first kappa shape index (κ1) is 27.0. The van der Waals surface area contributed by atoms with Crippen LogP contribution in [0.1, 0.15) is 47.7 Å². The van der Waals surface area contributed by atoms with Crippen molar-refractivity contribution >= 4 is 27.5 Å².